The molecule has 2 amide bonds. The first-order chi connectivity index (χ1) is 10.2. The van der Waals surface area contributed by atoms with Crippen molar-refractivity contribution in [2.24, 2.45) is 5.73 Å². The number of amides is 2. The SMILES string of the molecule is NC(=O)Nc1ccc(Oc2ccc3ncccc3c2)cc1. The first-order valence-electron chi connectivity index (χ1n) is 6.40. The summed E-state index contributed by atoms with van der Waals surface area (Å²) in [6, 6.07) is 16.0. The number of aromatic nitrogens is 1. The minimum absolute atomic E-state index is 0.592. The third-order valence-electron chi connectivity index (χ3n) is 2.93. The number of primary amides is 1. The van der Waals surface area contributed by atoms with Gasteiger partial charge in [-0.3, -0.25) is 4.98 Å². The number of hydrogen-bond donors (Lipinski definition) is 2. The third-order valence-corrected chi connectivity index (χ3v) is 2.93. The lowest BCUT2D eigenvalue weighted by Crippen LogP contribution is -2.19. The van der Waals surface area contributed by atoms with E-state index in [1.807, 2.05) is 30.3 Å². The minimum Gasteiger partial charge on any atom is -0.457 e. The Kier molecular flexibility index (Phi) is 3.39. The molecule has 1 heterocycles. The monoisotopic (exact) mass is 279 g/mol. The number of nitrogens with zero attached hydrogens (tertiary/aromatic N) is 1. The molecule has 0 spiro atoms. The molecule has 5 nitrogen and oxygen atoms in total. The second-order valence-corrected chi connectivity index (χ2v) is 4.47. The molecule has 0 aliphatic heterocycles. The lowest BCUT2D eigenvalue weighted by Gasteiger charge is -2.08. The van der Waals surface area contributed by atoms with Crippen molar-refractivity contribution in [3.05, 3.63) is 60.8 Å². The fraction of sp³-hybridized carbons (Fsp3) is 0. The molecule has 3 rings (SSSR count). The van der Waals surface area contributed by atoms with Crippen LogP contribution in [0.15, 0.2) is 60.8 Å². The number of nitrogens with two attached hydrogens (primary N) is 1. The van der Waals surface area contributed by atoms with Gasteiger partial charge in [0.1, 0.15) is 11.5 Å². The predicted octanol–water partition coefficient (Wildman–Crippen LogP) is 3.52. The number of fused-ring (bicyclic) bond motifs is 1. The van der Waals surface area contributed by atoms with Crippen molar-refractivity contribution in [2.45, 2.75) is 0 Å². The van der Waals surface area contributed by atoms with Gasteiger partial charge in [-0.2, -0.15) is 0 Å². The summed E-state index contributed by atoms with van der Waals surface area (Å²) in [4.78, 5) is 15.0. The molecule has 0 bridgehead atoms. The predicted molar refractivity (Wildman–Crippen MR) is 81.5 cm³/mol. The number of ether oxygens (including phenoxy) is 1. The van der Waals surface area contributed by atoms with Crippen molar-refractivity contribution >= 4 is 22.6 Å². The van der Waals surface area contributed by atoms with E-state index in [1.165, 1.54) is 0 Å². The van der Waals surface area contributed by atoms with Gasteiger partial charge in [-0.1, -0.05) is 6.07 Å². The number of urea groups is 1. The number of hydrogen-bond acceptors (Lipinski definition) is 3. The number of rotatable bonds is 3. The van der Waals surface area contributed by atoms with E-state index < -0.39 is 6.03 Å². The molecule has 0 aliphatic rings. The van der Waals surface area contributed by atoms with Crippen LogP contribution in [0, 0.1) is 0 Å². The van der Waals surface area contributed by atoms with Crippen LogP contribution in [-0.4, -0.2) is 11.0 Å². The Bertz CT molecular complexity index is 785. The largest absolute Gasteiger partial charge is 0.457 e. The van der Waals surface area contributed by atoms with Crippen LogP contribution in [0.25, 0.3) is 10.9 Å². The summed E-state index contributed by atoms with van der Waals surface area (Å²) < 4.78 is 5.77. The topological polar surface area (TPSA) is 77.2 Å². The summed E-state index contributed by atoms with van der Waals surface area (Å²) in [5.74, 6) is 1.40. The fourth-order valence-electron chi connectivity index (χ4n) is 2.00. The second kappa shape index (κ2) is 5.50. The number of pyridine rings is 1. The molecule has 5 heteroatoms. The molecular weight excluding hydrogens is 266 g/mol. The quantitative estimate of drug-likeness (QED) is 0.770. The molecule has 0 saturated carbocycles. The number of carbonyl (C=O) groups is 1. The van der Waals surface area contributed by atoms with Gasteiger partial charge >= 0.3 is 6.03 Å². The zero-order valence-electron chi connectivity index (χ0n) is 11.1. The van der Waals surface area contributed by atoms with E-state index in [1.54, 1.807) is 30.5 Å². The molecular formula is C16H13N3O2. The van der Waals surface area contributed by atoms with Crippen LogP contribution < -0.4 is 15.8 Å². The Morgan fingerprint density at radius 1 is 1.05 bits per heavy atom. The number of carbonyl (C=O) groups excluding carboxylic acids is 1. The molecule has 0 fully saturated rings. The van der Waals surface area contributed by atoms with Gasteiger partial charge in [0, 0.05) is 17.3 Å². The van der Waals surface area contributed by atoms with Crippen LogP contribution in [0.2, 0.25) is 0 Å². The molecule has 0 saturated heterocycles. The molecule has 21 heavy (non-hydrogen) atoms. The molecule has 104 valence electrons. The van der Waals surface area contributed by atoms with E-state index in [9.17, 15) is 4.79 Å². The average molecular weight is 279 g/mol. The first-order valence-corrected chi connectivity index (χ1v) is 6.40. The summed E-state index contributed by atoms with van der Waals surface area (Å²) in [6.45, 7) is 0. The fourth-order valence-corrected chi connectivity index (χ4v) is 2.00. The summed E-state index contributed by atoms with van der Waals surface area (Å²) in [5, 5.41) is 3.51. The molecule has 3 N–H and O–H groups in total. The maximum Gasteiger partial charge on any atom is 0.316 e. The molecule has 0 atom stereocenters. The highest BCUT2D eigenvalue weighted by atomic mass is 16.5. The molecule has 1 aromatic heterocycles. The summed E-state index contributed by atoms with van der Waals surface area (Å²) >= 11 is 0. The van der Waals surface area contributed by atoms with Crippen molar-refractivity contribution in [3.8, 4) is 11.5 Å². The zero-order chi connectivity index (χ0) is 14.7. The van der Waals surface area contributed by atoms with Gasteiger partial charge in [-0.05, 0) is 48.5 Å². The maximum absolute atomic E-state index is 10.7. The molecule has 3 aromatic rings. The number of anilines is 1. The highest BCUT2D eigenvalue weighted by Crippen LogP contribution is 2.25. The van der Waals surface area contributed by atoms with Crippen molar-refractivity contribution < 1.29 is 9.53 Å². The van der Waals surface area contributed by atoms with Gasteiger partial charge in [-0.25, -0.2) is 4.79 Å². The van der Waals surface area contributed by atoms with Crippen molar-refractivity contribution in [2.75, 3.05) is 5.32 Å². The normalized spacial score (nSPS) is 10.3. The van der Waals surface area contributed by atoms with Gasteiger partial charge < -0.3 is 15.8 Å². The van der Waals surface area contributed by atoms with E-state index in [-0.39, 0.29) is 0 Å². The van der Waals surface area contributed by atoms with Crippen molar-refractivity contribution in [1.82, 2.24) is 4.98 Å². The molecule has 0 unspecified atom stereocenters. The summed E-state index contributed by atoms with van der Waals surface area (Å²) in [6.07, 6.45) is 1.76. The van der Waals surface area contributed by atoms with E-state index >= 15 is 0 Å². The van der Waals surface area contributed by atoms with Gasteiger partial charge in [0.05, 0.1) is 5.52 Å². The summed E-state index contributed by atoms with van der Waals surface area (Å²) in [7, 11) is 0. The maximum atomic E-state index is 10.7. The van der Waals surface area contributed by atoms with E-state index in [0.717, 1.165) is 16.7 Å². The first kappa shape index (κ1) is 12.9. The van der Waals surface area contributed by atoms with Crippen LogP contribution in [0.4, 0.5) is 10.5 Å². The highest BCUT2D eigenvalue weighted by Gasteiger charge is 2.01. The summed E-state index contributed by atoms with van der Waals surface area (Å²) in [5.41, 5.74) is 6.60. The Balaban J connectivity index is 1.79. The van der Waals surface area contributed by atoms with E-state index in [0.29, 0.717) is 11.4 Å². The van der Waals surface area contributed by atoms with Gasteiger partial charge in [-0.15, -0.1) is 0 Å². The van der Waals surface area contributed by atoms with Crippen molar-refractivity contribution in [3.63, 3.8) is 0 Å². The second-order valence-electron chi connectivity index (χ2n) is 4.47. The van der Waals surface area contributed by atoms with Gasteiger partial charge in [0.15, 0.2) is 0 Å². The Morgan fingerprint density at radius 2 is 1.81 bits per heavy atom. The zero-order valence-corrected chi connectivity index (χ0v) is 11.1. The Morgan fingerprint density at radius 3 is 2.57 bits per heavy atom. The Labute approximate surface area is 121 Å². The minimum atomic E-state index is -0.592. The smallest absolute Gasteiger partial charge is 0.316 e. The van der Waals surface area contributed by atoms with Crippen LogP contribution >= 0.6 is 0 Å². The number of nitrogens with one attached hydrogen (secondary N) is 1. The standard InChI is InChI=1S/C16H13N3O2/c17-16(20)19-12-3-5-13(6-4-12)21-14-7-8-15-11(10-14)2-1-9-18-15/h1-10H,(H3,17,19,20). The van der Waals surface area contributed by atoms with E-state index in [2.05, 4.69) is 10.3 Å². The molecule has 2 aromatic carbocycles. The molecule has 0 aliphatic carbocycles. The Hall–Kier alpha value is -3.08. The number of benzene rings is 2. The van der Waals surface area contributed by atoms with Gasteiger partial charge in [0.25, 0.3) is 0 Å². The van der Waals surface area contributed by atoms with Crippen LogP contribution in [0.5, 0.6) is 11.5 Å². The van der Waals surface area contributed by atoms with E-state index in [4.69, 9.17) is 10.5 Å². The lowest BCUT2D eigenvalue weighted by molar-refractivity contribution is 0.259. The van der Waals surface area contributed by atoms with Crippen LogP contribution in [0.1, 0.15) is 0 Å². The lowest BCUT2D eigenvalue weighted by atomic mass is 10.2. The van der Waals surface area contributed by atoms with Crippen molar-refractivity contribution in [1.29, 1.82) is 0 Å². The third kappa shape index (κ3) is 3.09. The van der Waals surface area contributed by atoms with Crippen LogP contribution in [-0.2, 0) is 0 Å². The highest BCUT2D eigenvalue weighted by molar-refractivity contribution is 5.87. The molecule has 0 radical (unpaired) electrons. The van der Waals surface area contributed by atoms with Crippen LogP contribution in [0.3, 0.4) is 0 Å². The van der Waals surface area contributed by atoms with Gasteiger partial charge in [0.2, 0.25) is 0 Å². The average Bonchev–Trinajstić information content (AvgIpc) is 2.49.